The van der Waals surface area contributed by atoms with Crippen molar-refractivity contribution in [3.63, 3.8) is 0 Å². The van der Waals surface area contributed by atoms with Gasteiger partial charge in [0, 0.05) is 18.6 Å². The second kappa shape index (κ2) is 6.68. The Balaban J connectivity index is 1.93. The molecular formula is C17H13F2N3O3. The van der Waals surface area contributed by atoms with Crippen LogP contribution in [-0.4, -0.2) is 23.2 Å². The highest BCUT2D eigenvalue weighted by molar-refractivity contribution is 6.04. The maximum Gasteiger partial charge on any atom is 0.255 e. The molecule has 2 aromatic carbocycles. The molecule has 0 spiro atoms. The summed E-state index contributed by atoms with van der Waals surface area (Å²) in [6.07, 6.45) is 0. The lowest BCUT2D eigenvalue weighted by Gasteiger charge is -2.09. The Labute approximate surface area is 141 Å². The van der Waals surface area contributed by atoms with Crippen LogP contribution in [0.2, 0.25) is 0 Å². The van der Waals surface area contributed by atoms with E-state index in [1.165, 1.54) is 13.2 Å². The Morgan fingerprint density at radius 2 is 2.00 bits per heavy atom. The van der Waals surface area contributed by atoms with Gasteiger partial charge in [-0.3, -0.25) is 4.79 Å². The standard InChI is InChI=1S/C17H13F2N3O3/c1-9-20-16(22-25-9)12-7-15(14(19)8-13(12)18)21-17(23)10-4-3-5-11(6-10)24-2/h3-8H,1-2H3,(H,21,23). The van der Waals surface area contributed by atoms with Crippen molar-refractivity contribution in [1.29, 1.82) is 0 Å². The molecule has 0 aliphatic rings. The van der Waals surface area contributed by atoms with Crippen LogP contribution in [0.25, 0.3) is 11.4 Å². The smallest absolute Gasteiger partial charge is 0.255 e. The third-order valence-electron chi connectivity index (χ3n) is 3.41. The molecule has 3 rings (SSSR count). The molecule has 1 aromatic heterocycles. The van der Waals surface area contributed by atoms with Gasteiger partial charge in [-0.25, -0.2) is 8.78 Å². The Morgan fingerprint density at radius 3 is 2.68 bits per heavy atom. The van der Waals surface area contributed by atoms with Crippen LogP contribution in [0.1, 0.15) is 16.2 Å². The van der Waals surface area contributed by atoms with Gasteiger partial charge in [0.25, 0.3) is 5.91 Å². The van der Waals surface area contributed by atoms with Crippen LogP contribution in [0.4, 0.5) is 14.5 Å². The first-order valence-electron chi connectivity index (χ1n) is 7.23. The topological polar surface area (TPSA) is 77.2 Å². The summed E-state index contributed by atoms with van der Waals surface area (Å²) >= 11 is 0. The fraction of sp³-hybridized carbons (Fsp3) is 0.118. The Morgan fingerprint density at radius 1 is 1.20 bits per heavy atom. The molecule has 0 radical (unpaired) electrons. The van der Waals surface area contributed by atoms with E-state index in [9.17, 15) is 13.6 Å². The third kappa shape index (κ3) is 3.47. The molecule has 3 aromatic rings. The number of aryl methyl sites for hydroxylation is 1. The zero-order chi connectivity index (χ0) is 18.0. The number of anilines is 1. The minimum atomic E-state index is -0.919. The van der Waals surface area contributed by atoms with Crippen molar-refractivity contribution in [2.24, 2.45) is 0 Å². The van der Waals surface area contributed by atoms with Crippen molar-refractivity contribution in [3.05, 3.63) is 59.5 Å². The summed E-state index contributed by atoms with van der Waals surface area (Å²) in [5.74, 6) is -1.67. The Hall–Kier alpha value is -3.29. The predicted molar refractivity (Wildman–Crippen MR) is 85.3 cm³/mol. The van der Waals surface area contributed by atoms with Crippen LogP contribution in [0.5, 0.6) is 5.75 Å². The van der Waals surface area contributed by atoms with Gasteiger partial charge >= 0.3 is 0 Å². The molecular weight excluding hydrogens is 332 g/mol. The van der Waals surface area contributed by atoms with Crippen LogP contribution in [0.3, 0.4) is 0 Å². The first-order valence-corrected chi connectivity index (χ1v) is 7.23. The first kappa shape index (κ1) is 16.6. The fourth-order valence-corrected chi connectivity index (χ4v) is 2.18. The zero-order valence-corrected chi connectivity index (χ0v) is 13.3. The number of carbonyl (C=O) groups excluding carboxylic acids is 1. The number of carbonyl (C=O) groups is 1. The van der Waals surface area contributed by atoms with Gasteiger partial charge < -0.3 is 14.6 Å². The van der Waals surface area contributed by atoms with Gasteiger partial charge in [-0.2, -0.15) is 4.98 Å². The summed E-state index contributed by atoms with van der Waals surface area (Å²) in [6, 6.07) is 8.12. The molecule has 128 valence electrons. The molecule has 1 amide bonds. The Bertz CT molecular complexity index is 941. The van der Waals surface area contributed by atoms with Gasteiger partial charge in [0.15, 0.2) is 0 Å². The quantitative estimate of drug-likeness (QED) is 0.782. The number of ether oxygens (including phenoxy) is 1. The molecule has 0 aliphatic heterocycles. The number of amides is 1. The van der Waals surface area contributed by atoms with Crippen molar-refractivity contribution < 1.29 is 22.8 Å². The van der Waals surface area contributed by atoms with Crippen LogP contribution in [0.15, 0.2) is 40.9 Å². The molecule has 0 atom stereocenters. The minimum absolute atomic E-state index is 0.0353. The lowest BCUT2D eigenvalue weighted by atomic mass is 10.1. The zero-order valence-electron chi connectivity index (χ0n) is 13.3. The second-order valence-electron chi connectivity index (χ2n) is 5.13. The van der Waals surface area contributed by atoms with E-state index in [1.54, 1.807) is 25.1 Å². The highest BCUT2D eigenvalue weighted by Crippen LogP contribution is 2.27. The molecule has 0 fully saturated rings. The van der Waals surface area contributed by atoms with Crippen LogP contribution in [-0.2, 0) is 0 Å². The average molecular weight is 345 g/mol. The minimum Gasteiger partial charge on any atom is -0.497 e. The van der Waals surface area contributed by atoms with Gasteiger partial charge in [0.05, 0.1) is 18.4 Å². The summed E-state index contributed by atoms with van der Waals surface area (Å²) in [4.78, 5) is 16.2. The molecule has 0 saturated heterocycles. The van der Waals surface area contributed by atoms with E-state index in [4.69, 9.17) is 9.26 Å². The number of nitrogens with zero attached hydrogens (tertiary/aromatic N) is 2. The lowest BCUT2D eigenvalue weighted by Crippen LogP contribution is -2.13. The third-order valence-corrected chi connectivity index (χ3v) is 3.41. The molecule has 0 bridgehead atoms. The number of hydrogen-bond acceptors (Lipinski definition) is 5. The summed E-state index contributed by atoms with van der Waals surface area (Å²) in [7, 11) is 1.47. The van der Waals surface area contributed by atoms with Crippen LogP contribution < -0.4 is 10.1 Å². The van der Waals surface area contributed by atoms with E-state index in [1.807, 2.05) is 0 Å². The number of aromatic nitrogens is 2. The van der Waals surface area contributed by atoms with Crippen LogP contribution in [0, 0.1) is 18.6 Å². The molecule has 1 heterocycles. The summed E-state index contributed by atoms with van der Waals surface area (Å²) in [6.45, 7) is 1.55. The van der Waals surface area contributed by atoms with Gasteiger partial charge in [0.1, 0.15) is 17.4 Å². The molecule has 6 nitrogen and oxygen atoms in total. The first-order chi connectivity index (χ1) is 12.0. The summed E-state index contributed by atoms with van der Waals surface area (Å²) < 4.78 is 37.9. The highest BCUT2D eigenvalue weighted by Gasteiger charge is 2.17. The van der Waals surface area contributed by atoms with E-state index >= 15 is 0 Å². The maximum atomic E-state index is 14.0. The van der Waals surface area contributed by atoms with Crippen molar-refractivity contribution in [2.75, 3.05) is 12.4 Å². The lowest BCUT2D eigenvalue weighted by molar-refractivity contribution is 0.102. The van der Waals surface area contributed by atoms with Gasteiger partial charge in [-0.05, 0) is 24.3 Å². The predicted octanol–water partition coefficient (Wildman–Crippen LogP) is 3.58. The summed E-state index contributed by atoms with van der Waals surface area (Å²) in [5.41, 5.74) is -0.0223. The molecule has 0 saturated carbocycles. The van der Waals surface area contributed by atoms with Gasteiger partial charge in [-0.15, -0.1) is 0 Å². The van der Waals surface area contributed by atoms with E-state index in [0.717, 1.165) is 6.07 Å². The normalized spacial score (nSPS) is 10.6. The van der Waals surface area contributed by atoms with Gasteiger partial charge in [-0.1, -0.05) is 11.2 Å². The van der Waals surface area contributed by atoms with E-state index in [2.05, 4.69) is 15.5 Å². The molecule has 0 unspecified atom stereocenters. The highest BCUT2D eigenvalue weighted by atomic mass is 19.1. The maximum absolute atomic E-state index is 14.0. The SMILES string of the molecule is COc1cccc(C(=O)Nc2cc(-c3noc(C)n3)c(F)cc2F)c1. The van der Waals surface area contributed by atoms with Crippen molar-refractivity contribution in [2.45, 2.75) is 6.92 Å². The fourth-order valence-electron chi connectivity index (χ4n) is 2.18. The number of methoxy groups -OCH3 is 1. The number of benzene rings is 2. The van der Waals surface area contributed by atoms with Gasteiger partial charge in [0.2, 0.25) is 11.7 Å². The van der Waals surface area contributed by atoms with Crippen LogP contribution >= 0.6 is 0 Å². The second-order valence-corrected chi connectivity index (χ2v) is 5.13. The van der Waals surface area contributed by atoms with E-state index in [-0.39, 0.29) is 28.5 Å². The monoisotopic (exact) mass is 345 g/mol. The molecule has 1 N–H and O–H groups in total. The largest absolute Gasteiger partial charge is 0.497 e. The molecule has 25 heavy (non-hydrogen) atoms. The average Bonchev–Trinajstić information content (AvgIpc) is 3.03. The van der Waals surface area contributed by atoms with Crippen molar-refractivity contribution in [3.8, 4) is 17.1 Å². The van der Waals surface area contributed by atoms with E-state index in [0.29, 0.717) is 11.8 Å². The van der Waals surface area contributed by atoms with Crippen molar-refractivity contribution in [1.82, 2.24) is 10.1 Å². The number of halogens is 2. The molecule has 8 heteroatoms. The Kier molecular flexibility index (Phi) is 4.42. The van der Waals surface area contributed by atoms with E-state index < -0.39 is 17.5 Å². The number of hydrogen-bond donors (Lipinski definition) is 1. The number of nitrogens with one attached hydrogen (secondary N) is 1. The van der Waals surface area contributed by atoms with Crippen molar-refractivity contribution >= 4 is 11.6 Å². The molecule has 0 aliphatic carbocycles. The summed E-state index contributed by atoms with van der Waals surface area (Å²) in [5, 5.41) is 6.00. The number of rotatable bonds is 4.